The smallest absolute Gasteiger partial charge is 0.302 e. The van der Waals surface area contributed by atoms with Gasteiger partial charge in [0.2, 0.25) is 0 Å². The zero-order valence-corrected chi connectivity index (χ0v) is 16.6. The highest BCUT2D eigenvalue weighted by molar-refractivity contribution is 6.07. The lowest BCUT2D eigenvalue weighted by Crippen LogP contribution is -2.56. The predicted octanol–water partition coefficient (Wildman–Crippen LogP) is 3.75. The molecule has 0 aromatic carbocycles. The molecule has 2 unspecified atom stereocenters. The van der Waals surface area contributed by atoms with Gasteiger partial charge in [-0.25, -0.2) is 0 Å². The molecule has 4 aliphatic carbocycles. The average Bonchev–Trinajstić information content (AvgIpc) is 2.75. The maximum absolute atomic E-state index is 12.9. The van der Waals surface area contributed by atoms with Crippen LogP contribution in [0.4, 0.5) is 0 Å². The van der Waals surface area contributed by atoms with Gasteiger partial charge < -0.3 is 9.84 Å². The Labute approximate surface area is 161 Å². The van der Waals surface area contributed by atoms with Gasteiger partial charge in [-0.15, -0.1) is 0 Å². The molecular weight excluding hydrogens is 340 g/mol. The molecular formula is C23H30O4. The van der Waals surface area contributed by atoms with Gasteiger partial charge in [-0.3, -0.25) is 9.59 Å². The number of aliphatic hydroxyl groups excluding tert-OH is 1. The molecule has 0 aromatic rings. The van der Waals surface area contributed by atoms with Crippen LogP contribution in [0.25, 0.3) is 0 Å². The first-order valence-corrected chi connectivity index (χ1v) is 10.1. The molecule has 3 fully saturated rings. The Hall–Kier alpha value is -1.68. The van der Waals surface area contributed by atoms with E-state index in [-0.39, 0.29) is 41.0 Å². The van der Waals surface area contributed by atoms with Gasteiger partial charge in [0, 0.05) is 30.3 Å². The highest BCUT2D eigenvalue weighted by Crippen LogP contribution is 2.65. The second-order valence-electron chi connectivity index (χ2n) is 9.55. The number of carbonyl (C=O) groups is 2. The zero-order chi connectivity index (χ0) is 19.7. The van der Waals surface area contributed by atoms with E-state index < -0.39 is 11.5 Å². The molecule has 0 bridgehead atoms. The molecule has 146 valence electrons. The maximum atomic E-state index is 12.9. The van der Waals surface area contributed by atoms with Gasteiger partial charge in [0.05, 0.1) is 6.10 Å². The van der Waals surface area contributed by atoms with E-state index in [1.165, 1.54) is 12.5 Å². The van der Waals surface area contributed by atoms with Crippen LogP contribution in [0.1, 0.15) is 52.9 Å². The molecule has 27 heavy (non-hydrogen) atoms. The first-order valence-electron chi connectivity index (χ1n) is 10.1. The molecule has 0 spiro atoms. The molecule has 7 atom stereocenters. The molecule has 3 saturated carbocycles. The molecule has 0 amide bonds. The van der Waals surface area contributed by atoms with Crippen LogP contribution in [0.15, 0.2) is 36.0 Å². The van der Waals surface area contributed by atoms with Crippen LogP contribution >= 0.6 is 0 Å². The number of hydrogen-bond donors (Lipinski definition) is 1. The lowest BCUT2D eigenvalue weighted by molar-refractivity contribution is -0.151. The third-order valence-electron chi connectivity index (χ3n) is 8.05. The van der Waals surface area contributed by atoms with Crippen molar-refractivity contribution in [3.8, 4) is 0 Å². The van der Waals surface area contributed by atoms with Crippen molar-refractivity contribution in [1.29, 1.82) is 0 Å². The van der Waals surface area contributed by atoms with Crippen molar-refractivity contribution in [2.24, 2.45) is 28.6 Å². The summed E-state index contributed by atoms with van der Waals surface area (Å²) in [6, 6.07) is 0. The Balaban J connectivity index is 1.71. The Morgan fingerprint density at radius 3 is 2.67 bits per heavy atom. The fraction of sp³-hybridized carbons (Fsp3) is 0.652. The normalized spacial score (nSPS) is 46.3. The molecule has 1 N–H and O–H groups in total. The summed E-state index contributed by atoms with van der Waals surface area (Å²) < 4.78 is 5.47. The van der Waals surface area contributed by atoms with Gasteiger partial charge in [0.1, 0.15) is 6.10 Å². The first-order chi connectivity index (χ1) is 12.6. The summed E-state index contributed by atoms with van der Waals surface area (Å²) in [5, 5.41) is 11.2. The quantitative estimate of drug-likeness (QED) is 0.434. The number of aliphatic hydroxyl groups is 1. The maximum Gasteiger partial charge on any atom is 0.302 e. The Kier molecular flexibility index (Phi) is 4.08. The minimum Gasteiger partial charge on any atom is -0.462 e. The summed E-state index contributed by atoms with van der Waals surface area (Å²) in [6.45, 7) is 13.9. The summed E-state index contributed by atoms with van der Waals surface area (Å²) in [4.78, 5) is 24.2. The number of Topliss-reactive ketones (excluding diaryl/α,β-unsaturated/α-hetero) is 1. The summed E-state index contributed by atoms with van der Waals surface area (Å²) in [6.07, 6.45) is 5.47. The van der Waals surface area contributed by atoms with Gasteiger partial charge in [0.15, 0.2) is 5.78 Å². The van der Waals surface area contributed by atoms with Crippen molar-refractivity contribution < 1.29 is 19.4 Å². The molecule has 4 aliphatic rings. The number of rotatable bonds is 1. The largest absolute Gasteiger partial charge is 0.462 e. The number of allylic oxidation sites excluding steroid dienone is 3. The van der Waals surface area contributed by atoms with E-state index in [9.17, 15) is 14.7 Å². The van der Waals surface area contributed by atoms with Gasteiger partial charge in [-0.1, -0.05) is 38.7 Å². The molecule has 4 heteroatoms. The number of hydrogen-bond acceptors (Lipinski definition) is 4. The van der Waals surface area contributed by atoms with Gasteiger partial charge >= 0.3 is 5.97 Å². The Morgan fingerprint density at radius 2 is 2.00 bits per heavy atom. The number of carbonyl (C=O) groups excluding carboxylic acids is 2. The minimum atomic E-state index is -0.578. The van der Waals surface area contributed by atoms with Crippen molar-refractivity contribution in [3.63, 3.8) is 0 Å². The van der Waals surface area contributed by atoms with Crippen LogP contribution < -0.4 is 0 Å². The van der Waals surface area contributed by atoms with E-state index in [4.69, 9.17) is 4.74 Å². The van der Waals surface area contributed by atoms with Gasteiger partial charge in [0.25, 0.3) is 0 Å². The van der Waals surface area contributed by atoms with E-state index in [0.717, 1.165) is 31.3 Å². The molecule has 0 aromatic heterocycles. The summed E-state index contributed by atoms with van der Waals surface area (Å²) >= 11 is 0. The topological polar surface area (TPSA) is 63.6 Å². The van der Waals surface area contributed by atoms with Crippen molar-refractivity contribution in [2.45, 2.75) is 65.1 Å². The molecule has 0 heterocycles. The summed E-state index contributed by atoms with van der Waals surface area (Å²) in [5.41, 5.74) is 2.03. The number of ketones is 1. The van der Waals surface area contributed by atoms with E-state index in [0.29, 0.717) is 12.0 Å². The van der Waals surface area contributed by atoms with E-state index in [1.54, 1.807) is 0 Å². The van der Waals surface area contributed by atoms with Crippen LogP contribution in [0.5, 0.6) is 0 Å². The standard InChI is InChI=1S/C23H30O4/c1-12-13(2)21(26)23(5)11-18(25)20-17(19(12)23)7-6-15-10-16(27-14(3)24)8-9-22(15,20)4/h6,16-20,25H,1-2,7-11H2,3-5H3/t16?,17-,18?,19-,20-,22-,23-/m0/s1. The van der Waals surface area contributed by atoms with Crippen LogP contribution in [0.2, 0.25) is 0 Å². The molecule has 4 rings (SSSR count). The Morgan fingerprint density at radius 1 is 1.30 bits per heavy atom. The SMILES string of the molecule is C=C1C(=C)[C@H]2[C@@H]3CC=C4CC(OC(C)=O)CC[C@]4(C)[C@@H]3C(O)C[C@]2(C)C1=O. The second-order valence-corrected chi connectivity index (χ2v) is 9.55. The Bertz CT molecular complexity index is 777. The zero-order valence-electron chi connectivity index (χ0n) is 16.6. The number of ether oxygens (including phenoxy) is 1. The predicted molar refractivity (Wildman–Crippen MR) is 103 cm³/mol. The van der Waals surface area contributed by atoms with Crippen LogP contribution in [-0.4, -0.2) is 29.1 Å². The van der Waals surface area contributed by atoms with E-state index in [2.05, 4.69) is 26.2 Å². The molecule has 4 nitrogen and oxygen atoms in total. The number of esters is 1. The molecule has 0 saturated heterocycles. The highest BCUT2D eigenvalue weighted by Gasteiger charge is 2.63. The fourth-order valence-corrected chi connectivity index (χ4v) is 6.90. The van der Waals surface area contributed by atoms with Gasteiger partial charge in [-0.05, 0) is 48.5 Å². The van der Waals surface area contributed by atoms with Crippen LogP contribution in [0, 0.1) is 28.6 Å². The number of fused-ring (bicyclic) bond motifs is 5. The second kappa shape index (κ2) is 5.91. The monoisotopic (exact) mass is 370 g/mol. The highest BCUT2D eigenvalue weighted by atomic mass is 16.5. The van der Waals surface area contributed by atoms with Crippen LogP contribution in [-0.2, 0) is 14.3 Å². The lowest BCUT2D eigenvalue weighted by Gasteiger charge is -2.58. The summed E-state index contributed by atoms with van der Waals surface area (Å²) in [7, 11) is 0. The van der Waals surface area contributed by atoms with Crippen molar-refractivity contribution in [3.05, 3.63) is 36.0 Å². The molecule has 0 aliphatic heterocycles. The van der Waals surface area contributed by atoms with Crippen molar-refractivity contribution >= 4 is 11.8 Å². The lowest BCUT2D eigenvalue weighted by atomic mass is 9.47. The molecule has 0 radical (unpaired) electrons. The fourth-order valence-electron chi connectivity index (χ4n) is 6.90. The third-order valence-corrected chi connectivity index (χ3v) is 8.05. The van der Waals surface area contributed by atoms with E-state index in [1.807, 2.05) is 6.92 Å². The van der Waals surface area contributed by atoms with Gasteiger partial charge in [-0.2, -0.15) is 0 Å². The third kappa shape index (κ3) is 2.45. The van der Waals surface area contributed by atoms with E-state index >= 15 is 0 Å². The van der Waals surface area contributed by atoms with Crippen LogP contribution in [0.3, 0.4) is 0 Å². The minimum absolute atomic E-state index is 0.0618. The van der Waals surface area contributed by atoms with Crippen molar-refractivity contribution in [2.75, 3.05) is 0 Å². The summed E-state index contributed by atoms with van der Waals surface area (Å²) in [5.74, 6) is 0.198. The van der Waals surface area contributed by atoms with Crippen molar-refractivity contribution in [1.82, 2.24) is 0 Å². The first kappa shape index (κ1) is 18.7. The average molecular weight is 370 g/mol.